The zero-order valence-electron chi connectivity index (χ0n) is 25.9. The van der Waals surface area contributed by atoms with Crippen LogP contribution in [0.3, 0.4) is 0 Å². The van der Waals surface area contributed by atoms with Gasteiger partial charge in [-0.15, -0.1) is 6.58 Å². The third kappa shape index (κ3) is 9.32. The molecule has 1 fully saturated rings. The number of ketones is 1. The molecule has 1 aromatic rings. The number of ether oxygens (including phenoxy) is 3. The molecule has 0 bridgehead atoms. The summed E-state index contributed by atoms with van der Waals surface area (Å²) in [4.78, 5) is 66.2. The molecule has 3 atom stereocenters. The lowest BCUT2D eigenvalue weighted by molar-refractivity contribution is -0.143. The second-order valence-corrected chi connectivity index (χ2v) is 10.4. The molecule has 0 spiro atoms. The number of carbonyl (C=O) groups is 5. The van der Waals surface area contributed by atoms with E-state index in [0.29, 0.717) is 48.6 Å². The van der Waals surface area contributed by atoms with Crippen LogP contribution >= 0.6 is 0 Å². The van der Waals surface area contributed by atoms with Crippen LogP contribution in [0.15, 0.2) is 30.9 Å². The molecule has 3 N–H and O–H groups in total. The van der Waals surface area contributed by atoms with Crippen LogP contribution < -0.4 is 30.2 Å². The average Bonchev–Trinajstić information content (AvgIpc) is 3.50. The Morgan fingerprint density at radius 3 is 2.23 bits per heavy atom. The Kier molecular flexibility index (Phi) is 13.7. The van der Waals surface area contributed by atoms with Crippen LogP contribution in [0.4, 0.5) is 0 Å². The Hall–Kier alpha value is -4.35. The average molecular weight is 601 g/mol. The Labute approximate surface area is 253 Å². The van der Waals surface area contributed by atoms with Crippen LogP contribution in [0.5, 0.6) is 17.2 Å². The largest absolute Gasteiger partial charge is 0.493 e. The smallest absolute Gasteiger partial charge is 0.289 e. The Morgan fingerprint density at radius 2 is 1.70 bits per heavy atom. The van der Waals surface area contributed by atoms with Crippen molar-refractivity contribution in [3.05, 3.63) is 36.4 Å². The minimum Gasteiger partial charge on any atom is -0.493 e. The highest BCUT2D eigenvalue weighted by Crippen LogP contribution is 2.38. The summed E-state index contributed by atoms with van der Waals surface area (Å²) in [5, 5.41) is 7.88. The predicted octanol–water partition coefficient (Wildman–Crippen LogP) is 2.01. The summed E-state index contributed by atoms with van der Waals surface area (Å²) in [7, 11) is 4.48. The van der Waals surface area contributed by atoms with Gasteiger partial charge in [0.25, 0.3) is 5.91 Å². The summed E-state index contributed by atoms with van der Waals surface area (Å²) in [6.07, 6.45) is 6.12. The molecule has 1 aliphatic rings. The van der Waals surface area contributed by atoms with Gasteiger partial charge in [-0.1, -0.05) is 33.3 Å². The van der Waals surface area contributed by atoms with E-state index in [9.17, 15) is 24.0 Å². The molecule has 0 unspecified atom stereocenters. The fourth-order valence-electron chi connectivity index (χ4n) is 4.80. The molecule has 0 saturated carbocycles. The zero-order valence-corrected chi connectivity index (χ0v) is 25.9. The van der Waals surface area contributed by atoms with E-state index in [1.165, 1.54) is 38.4 Å². The van der Waals surface area contributed by atoms with E-state index in [0.717, 1.165) is 0 Å². The topological polar surface area (TPSA) is 152 Å². The van der Waals surface area contributed by atoms with Gasteiger partial charge in [0.05, 0.1) is 27.4 Å². The summed E-state index contributed by atoms with van der Waals surface area (Å²) in [5.74, 6) is -1.97. The first-order valence-corrected chi connectivity index (χ1v) is 14.3. The van der Waals surface area contributed by atoms with Crippen LogP contribution in [-0.2, 0) is 24.0 Å². The van der Waals surface area contributed by atoms with Gasteiger partial charge in [-0.2, -0.15) is 0 Å². The third-order valence-corrected chi connectivity index (χ3v) is 7.02. The first-order chi connectivity index (χ1) is 20.5. The van der Waals surface area contributed by atoms with Gasteiger partial charge in [-0.05, 0) is 49.0 Å². The van der Waals surface area contributed by atoms with E-state index >= 15 is 0 Å². The van der Waals surface area contributed by atoms with Crippen LogP contribution in [0, 0.1) is 5.92 Å². The van der Waals surface area contributed by atoms with Gasteiger partial charge >= 0.3 is 0 Å². The van der Waals surface area contributed by atoms with E-state index in [2.05, 4.69) is 22.5 Å². The second kappa shape index (κ2) is 16.9. The van der Waals surface area contributed by atoms with E-state index < -0.39 is 47.5 Å². The predicted molar refractivity (Wildman–Crippen MR) is 162 cm³/mol. The maximum absolute atomic E-state index is 13.6. The minimum atomic E-state index is -1.01. The van der Waals surface area contributed by atoms with Gasteiger partial charge in [-0.25, -0.2) is 0 Å². The first-order valence-electron chi connectivity index (χ1n) is 14.3. The SMILES string of the molecule is C=CCNC(=O)C(=O)[C@H](CCC)NC(=O)[C@@H]1CCCN1C(=O)[C@@H](NC(=O)C=Cc1cc(OC)c(OC)c(OC)c1)C(C)C. The minimum absolute atomic E-state index is 0.127. The maximum atomic E-state index is 13.6. The molecule has 12 nitrogen and oxygen atoms in total. The zero-order chi connectivity index (χ0) is 32.1. The van der Waals surface area contributed by atoms with Gasteiger partial charge in [0.15, 0.2) is 11.5 Å². The van der Waals surface area contributed by atoms with E-state index in [1.807, 2.05) is 6.92 Å². The molecule has 0 radical (unpaired) electrons. The summed E-state index contributed by atoms with van der Waals surface area (Å²) in [6, 6.07) is 0.625. The van der Waals surface area contributed by atoms with Gasteiger partial charge < -0.3 is 35.1 Å². The summed E-state index contributed by atoms with van der Waals surface area (Å²) < 4.78 is 16.0. The number of methoxy groups -OCH3 is 3. The normalized spacial score (nSPS) is 15.9. The van der Waals surface area contributed by atoms with Crippen LogP contribution in [0.1, 0.15) is 52.0 Å². The van der Waals surface area contributed by atoms with Crippen molar-refractivity contribution < 1.29 is 38.2 Å². The molecular formula is C31H44N4O8. The molecule has 2 rings (SSSR count). The number of Topliss-reactive ketones (excluding diaryl/α,β-unsaturated/α-hetero) is 1. The molecule has 4 amide bonds. The number of hydrogen-bond acceptors (Lipinski definition) is 8. The lowest BCUT2D eigenvalue weighted by Gasteiger charge is -2.31. The van der Waals surface area contributed by atoms with E-state index in [-0.39, 0.29) is 18.9 Å². The van der Waals surface area contributed by atoms with E-state index in [4.69, 9.17) is 14.2 Å². The quantitative estimate of drug-likeness (QED) is 0.148. The fourth-order valence-corrected chi connectivity index (χ4v) is 4.80. The number of nitrogens with zero attached hydrogens (tertiary/aromatic N) is 1. The van der Waals surface area contributed by atoms with Crippen molar-refractivity contribution >= 4 is 35.5 Å². The van der Waals surface area contributed by atoms with Crippen LogP contribution in [0.2, 0.25) is 0 Å². The Balaban J connectivity index is 2.16. The third-order valence-electron chi connectivity index (χ3n) is 7.02. The number of nitrogens with one attached hydrogen (secondary N) is 3. The van der Waals surface area contributed by atoms with Gasteiger partial charge in [0.2, 0.25) is 29.3 Å². The van der Waals surface area contributed by atoms with Gasteiger partial charge in [0.1, 0.15) is 12.1 Å². The Morgan fingerprint density at radius 1 is 1.05 bits per heavy atom. The fraction of sp³-hybridized carbons (Fsp3) is 0.516. The van der Waals surface area contributed by atoms with Crippen molar-refractivity contribution in [3.8, 4) is 17.2 Å². The number of carbonyl (C=O) groups excluding carboxylic acids is 5. The molecule has 43 heavy (non-hydrogen) atoms. The number of rotatable bonds is 16. The van der Waals surface area contributed by atoms with E-state index in [1.54, 1.807) is 32.1 Å². The molecule has 12 heteroatoms. The standard InChI is InChI=1S/C31H44N4O8/c1-8-11-21(27(37)30(39)32-15-9-2)33-29(38)22-12-10-16-35(22)31(40)26(19(3)4)34-25(36)14-13-20-17-23(41-5)28(43-7)24(18-20)42-6/h9,13-14,17-19,21-22,26H,2,8,10-12,15-16H2,1,3-7H3,(H,32,39)(H,33,38)(H,34,36)/t21-,22-,26-/m0/s1. The monoisotopic (exact) mass is 600 g/mol. The molecule has 1 aliphatic heterocycles. The second-order valence-electron chi connectivity index (χ2n) is 10.4. The van der Waals surface area contributed by atoms with Crippen molar-refractivity contribution in [2.24, 2.45) is 5.92 Å². The molecule has 1 aromatic carbocycles. The maximum Gasteiger partial charge on any atom is 0.289 e. The Bertz CT molecular complexity index is 1190. The number of amides is 4. The van der Waals surface area contributed by atoms with Gasteiger partial charge in [0, 0.05) is 19.2 Å². The molecule has 0 aliphatic carbocycles. The van der Waals surface area contributed by atoms with Crippen molar-refractivity contribution in [2.75, 3.05) is 34.4 Å². The van der Waals surface area contributed by atoms with Crippen LogP contribution in [-0.4, -0.2) is 86.9 Å². The number of hydrogen-bond donors (Lipinski definition) is 3. The first kappa shape index (κ1) is 34.8. The lowest BCUT2D eigenvalue weighted by Crippen LogP contribution is -2.57. The highest BCUT2D eigenvalue weighted by molar-refractivity contribution is 6.38. The molecule has 236 valence electrons. The summed E-state index contributed by atoms with van der Waals surface area (Å²) >= 11 is 0. The molecule has 1 heterocycles. The van der Waals surface area contributed by atoms with Gasteiger partial charge in [-0.3, -0.25) is 24.0 Å². The highest BCUT2D eigenvalue weighted by Gasteiger charge is 2.40. The van der Waals surface area contributed by atoms with Crippen molar-refractivity contribution in [1.29, 1.82) is 0 Å². The van der Waals surface area contributed by atoms with Crippen molar-refractivity contribution in [3.63, 3.8) is 0 Å². The lowest BCUT2D eigenvalue weighted by atomic mass is 10.0. The summed E-state index contributed by atoms with van der Waals surface area (Å²) in [5.41, 5.74) is 0.614. The number of likely N-dealkylation sites (tertiary alicyclic amines) is 1. The van der Waals surface area contributed by atoms with Crippen molar-refractivity contribution in [2.45, 2.75) is 64.6 Å². The van der Waals surface area contributed by atoms with Crippen LogP contribution in [0.25, 0.3) is 6.08 Å². The van der Waals surface area contributed by atoms with Crippen molar-refractivity contribution in [1.82, 2.24) is 20.9 Å². The highest BCUT2D eigenvalue weighted by atomic mass is 16.5. The molecule has 1 saturated heterocycles. The molecule has 0 aromatic heterocycles. The molecular weight excluding hydrogens is 556 g/mol. The number of benzene rings is 1. The summed E-state index contributed by atoms with van der Waals surface area (Å²) in [6.45, 7) is 9.40.